The zero-order valence-corrected chi connectivity index (χ0v) is 15.2. The van der Waals surface area contributed by atoms with Crippen molar-refractivity contribution in [2.45, 2.75) is 13.0 Å². The molecule has 1 atom stereocenters. The number of rotatable bonds is 7. The average Bonchev–Trinajstić information content (AvgIpc) is 2.67. The number of hydrogen-bond donors (Lipinski definition) is 1. The van der Waals surface area contributed by atoms with Crippen molar-refractivity contribution in [3.05, 3.63) is 59.9 Å². The van der Waals surface area contributed by atoms with E-state index in [1.807, 2.05) is 0 Å². The molecule has 0 saturated heterocycles. The molecule has 2 aromatic rings. The van der Waals surface area contributed by atoms with Crippen molar-refractivity contribution in [3.63, 3.8) is 0 Å². The Balaban J connectivity index is 1.94. The summed E-state index contributed by atoms with van der Waals surface area (Å²) in [6.07, 6.45) is 1.71. The molecule has 0 unspecified atom stereocenters. The Morgan fingerprint density at radius 3 is 2.19 bits per heavy atom. The molecule has 2 aromatic carbocycles. The Kier molecular flexibility index (Phi) is 6.93. The van der Waals surface area contributed by atoms with Crippen LogP contribution in [0.4, 0.5) is 10.1 Å². The molecule has 0 bridgehead atoms. The van der Waals surface area contributed by atoms with Crippen molar-refractivity contribution >= 4 is 23.6 Å². The molecule has 142 valence electrons. The lowest BCUT2D eigenvalue weighted by Gasteiger charge is -2.12. The number of esters is 1. The van der Waals surface area contributed by atoms with Crippen LogP contribution in [0.5, 0.6) is 11.5 Å². The highest BCUT2D eigenvalue weighted by molar-refractivity contribution is 5.96. The smallest absolute Gasteiger partial charge is 0.331 e. The van der Waals surface area contributed by atoms with Crippen LogP contribution in [0, 0.1) is 5.82 Å². The molecule has 1 amide bonds. The van der Waals surface area contributed by atoms with Crippen molar-refractivity contribution < 1.29 is 28.2 Å². The van der Waals surface area contributed by atoms with E-state index in [4.69, 9.17) is 14.2 Å². The quantitative estimate of drug-likeness (QED) is 0.595. The highest BCUT2D eigenvalue weighted by atomic mass is 19.1. The summed E-state index contributed by atoms with van der Waals surface area (Å²) in [6.45, 7) is 1.44. The zero-order valence-electron chi connectivity index (χ0n) is 15.2. The van der Waals surface area contributed by atoms with E-state index in [-0.39, 0.29) is 0 Å². The van der Waals surface area contributed by atoms with Crippen LogP contribution >= 0.6 is 0 Å². The second-order valence-corrected chi connectivity index (χ2v) is 5.55. The fraction of sp³-hybridized carbons (Fsp3) is 0.200. The van der Waals surface area contributed by atoms with Crippen molar-refractivity contribution in [3.8, 4) is 11.5 Å². The van der Waals surface area contributed by atoms with Crippen molar-refractivity contribution in [2.24, 2.45) is 0 Å². The van der Waals surface area contributed by atoms with Gasteiger partial charge in [0, 0.05) is 17.8 Å². The normalized spacial score (nSPS) is 11.7. The number of anilines is 1. The van der Waals surface area contributed by atoms with Gasteiger partial charge in [-0.2, -0.15) is 0 Å². The third-order valence-corrected chi connectivity index (χ3v) is 3.56. The van der Waals surface area contributed by atoms with Crippen LogP contribution < -0.4 is 14.8 Å². The average molecular weight is 373 g/mol. The van der Waals surface area contributed by atoms with Crippen LogP contribution in [-0.4, -0.2) is 32.2 Å². The summed E-state index contributed by atoms with van der Waals surface area (Å²) in [5.74, 6) is -0.458. The first-order valence-corrected chi connectivity index (χ1v) is 8.09. The Hall–Kier alpha value is -3.35. The molecule has 0 aliphatic rings. The Morgan fingerprint density at radius 2 is 1.63 bits per heavy atom. The van der Waals surface area contributed by atoms with E-state index in [2.05, 4.69) is 5.32 Å². The van der Waals surface area contributed by atoms with Crippen LogP contribution in [0.2, 0.25) is 0 Å². The number of ether oxygens (including phenoxy) is 3. The summed E-state index contributed by atoms with van der Waals surface area (Å²) in [4.78, 5) is 24.0. The van der Waals surface area contributed by atoms with Crippen molar-refractivity contribution in [1.29, 1.82) is 0 Å². The fourth-order valence-corrected chi connectivity index (χ4v) is 2.13. The van der Waals surface area contributed by atoms with E-state index in [9.17, 15) is 14.0 Å². The van der Waals surface area contributed by atoms with Gasteiger partial charge in [0.05, 0.1) is 14.2 Å². The van der Waals surface area contributed by atoms with E-state index in [0.717, 1.165) is 0 Å². The molecule has 2 rings (SSSR count). The number of nitrogens with one attached hydrogen (secondary N) is 1. The first-order chi connectivity index (χ1) is 12.9. The highest BCUT2D eigenvalue weighted by Crippen LogP contribution is 2.23. The highest BCUT2D eigenvalue weighted by Gasteiger charge is 2.16. The molecule has 0 heterocycles. The fourth-order valence-electron chi connectivity index (χ4n) is 2.13. The zero-order chi connectivity index (χ0) is 19.8. The number of hydrogen-bond acceptors (Lipinski definition) is 5. The van der Waals surface area contributed by atoms with Gasteiger partial charge in [0.15, 0.2) is 6.10 Å². The largest absolute Gasteiger partial charge is 0.497 e. The van der Waals surface area contributed by atoms with E-state index >= 15 is 0 Å². The van der Waals surface area contributed by atoms with E-state index in [0.29, 0.717) is 22.7 Å². The molecule has 1 N–H and O–H groups in total. The summed E-state index contributed by atoms with van der Waals surface area (Å²) in [6, 6.07) is 10.4. The lowest BCUT2D eigenvalue weighted by Crippen LogP contribution is -2.29. The van der Waals surface area contributed by atoms with Gasteiger partial charge in [0.25, 0.3) is 5.91 Å². The summed E-state index contributed by atoms with van der Waals surface area (Å²) in [5, 5.41) is 2.54. The third kappa shape index (κ3) is 6.14. The molecule has 0 aliphatic carbocycles. The minimum Gasteiger partial charge on any atom is -0.497 e. The minimum atomic E-state index is -1.02. The lowest BCUT2D eigenvalue weighted by molar-refractivity contribution is -0.148. The summed E-state index contributed by atoms with van der Waals surface area (Å²) in [5.41, 5.74) is 1.08. The Morgan fingerprint density at radius 1 is 1.04 bits per heavy atom. The first-order valence-electron chi connectivity index (χ1n) is 8.09. The van der Waals surface area contributed by atoms with E-state index < -0.39 is 23.8 Å². The molecule has 0 saturated carbocycles. The Labute approximate surface area is 156 Å². The number of carbonyl (C=O) groups excluding carboxylic acids is 2. The molecule has 0 aliphatic heterocycles. The van der Waals surface area contributed by atoms with Gasteiger partial charge in [-0.15, -0.1) is 0 Å². The van der Waals surface area contributed by atoms with E-state index in [1.165, 1.54) is 57.6 Å². The molecule has 0 radical (unpaired) electrons. The van der Waals surface area contributed by atoms with Gasteiger partial charge in [0.2, 0.25) is 0 Å². The van der Waals surface area contributed by atoms with Crippen LogP contribution in [0.15, 0.2) is 48.5 Å². The van der Waals surface area contributed by atoms with Crippen LogP contribution in [0.1, 0.15) is 12.5 Å². The Bertz CT molecular complexity index is 811. The van der Waals surface area contributed by atoms with Gasteiger partial charge in [-0.3, -0.25) is 4.79 Å². The van der Waals surface area contributed by atoms with Crippen LogP contribution in [0.25, 0.3) is 6.08 Å². The molecular weight excluding hydrogens is 353 g/mol. The first kappa shape index (κ1) is 20.0. The van der Waals surface area contributed by atoms with Gasteiger partial charge < -0.3 is 19.5 Å². The molecule has 0 spiro atoms. The predicted molar refractivity (Wildman–Crippen MR) is 99.2 cm³/mol. The summed E-state index contributed by atoms with van der Waals surface area (Å²) in [7, 11) is 3.05. The van der Waals surface area contributed by atoms with Crippen molar-refractivity contribution in [2.75, 3.05) is 19.5 Å². The second-order valence-electron chi connectivity index (χ2n) is 5.55. The lowest BCUT2D eigenvalue weighted by atomic mass is 10.2. The number of methoxy groups -OCH3 is 2. The minimum absolute atomic E-state index is 0.406. The number of halogens is 1. The van der Waals surface area contributed by atoms with Crippen molar-refractivity contribution in [1.82, 2.24) is 0 Å². The van der Waals surface area contributed by atoms with Gasteiger partial charge in [-0.25, -0.2) is 9.18 Å². The molecule has 7 heteroatoms. The van der Waals surface area contributed by atoms with Gasteiger partial charge in [0.1, 0.15) is 17.3 Å². The molecule has 0 aromatic heterocycles. The van der Waals surface area contributed by atoms with E-state index in [1.54, 1.807) is 18.2 Å². The number of benzene rings is 2. The molecular formula is C20H20FNO5. The molecule has 0 fully saturated rings. The maximum Gasteiger partial charge on any atom is 0.331 e. The standard InChI is InChI=1S/C20H20FNO5/c1-13(20(24)22-16-7-5-15(21)6-8-16)27-19(23)9-4-14-10-17(25-2)12-18(11-14)26-3/h4-13H,1-3H3,(H,22,24)/b9-4+/t13-/m0/s1. The predicted octanol–water partition coefficient (Wildman–Crippen LogP) is 3.43. The maximum atomic E-state index is 12.9. The second kappa shape index (κ2) is 9.38. The third-order valence-electron chi connectivity index (χ3n) is 3.56. The maximum absolute atomic E-state index is 12.9. The summed E-state index contributed by atoms with van der Waals surface area (Å²) >= 11 is 0. The summed E-state index contributed by atoms with van der Waals surface area (Å²) < 4.78 is 28.3. The SMILES string of the molecule is COc1cc(/C=C/C(=O)O[C@@H](C)C(=O)Nc2ccc(F)cc2)cc(OC)c1. The van der Waals surface area contributed by atoms with Gasteiger partial charge in [-0.1, -0.05) is 0 Å². The van der Waals surface area contributed by atoms with Gasteiger partial charge in [-0.05, 0) is 55.0 Å². The van der Waals surface area contributed by atoms with Gasteiger partial charge >= 0.3 is 5.97 Å². The van der Waals surface area contributed by atoms with Crippen LogP contribution in [-0.2, 0) is 14.3 Å². The molecule has 27 heavy (non-hydrogen) atoms. The molecule has 6 nitrogen and oxygen atoms in total. The van der Waals surface area contributed by atoms with Crippen LogP contribution in [0.3, 0.4) is 0 Å². The topological polar surface area (TPSA) is 73.9 Å². The number of amides is 1. The number of carbonyl (C=O) groups is 2. The monoisotopic (exact) mass is 373 g/mol.